The lowest BCUT2D eigenvalue weighted by atomic mass is 10.0. The van der Waals surface area contributed by atoms with Crippen molar-refractivity contribution in [1.29, 1.82) is 0 Å². The van der Waals surface area contributed by atoms with Crippen molar-refractivity contribution < 1.29 is 9.84 Å². The molecule has 96 valence electrons. The lowest BCUT2D eigenvalue weighted by molar-refractivity contribution is 0.0343. The maximum Gasteiger partial charge on any atom is 0.0741 e. The number of nitrogens with one attached hydrogen (secondary N) is 1. The van der Waals surface area contributed by atoms with Crippen molar-refractivity contribution in [2.45, 2.75) is 38.8 Å². The van der Waals surface area contributed by atoms with Gasteiger partial charge in [0.15, 0.2) is 0 Å². The van der Waals surface area contributed by atoms with Crippen LogP contribution >= 0.6 is 0 Å². The summed E-state index contributed by atoms with van der Waals surface area (Å²) < 4.78 is 5.30. The van der Waals surface area contributed by atoms with E-state index in [2.05, 4.69) is 10.2 Å². The summed E-state index contributed by atoms with van der Waals surface area (Å²) in [6.45, 7) is 11.6. The Morgan fingerprint density at radius 3 is 2.56 bits per heavy atom. The molecule has 0 aliphatic carbocycles. The Labute approximate surface area is 99.0 Å². The molecule has 16 heavy (non-hydrogen) atoms. The van der Waals surface area contributed by atoms with Gasteiger partial charge >= 0.3 is 0 Å². The predicted octanol–water partition coefficient (Wildman–Crippen LogP) is 0.458. The third-order valence-corrected chi connectivity index (χ3v) is 3.27. The summed E-state index contributed by atoms with van der Waals surface area (Å²) >= 11 is 0. The molecule has 1 aliphatic rings. The zero-order valence-electron chi connectivity index (χ0n) is 10.8. The van der Waals surface area contributed by atoms with Crippen LogP contribution in [-0.2, 0) is 4.74 Å². The minimum Gasteiger partial charge on any atom is -0.389 e. The molecule has 0 radical (unpaired) electrons. The molecule has 1 heterocycles. The van der Waals surface area contributed by atoms with E-state index in [9.17, 15) is 5.11 Å². The monoisotopic (exact) mass is 230 g/mol. The zero-order valence-corrected chi connectivity index (χ0v) is 10.8. The highest BCUT2D eigenvalue weighted by atomic mass is 16.5. The molecule has 1 rings (SSSR count). The van der Waals surface area contributed by atoms with E-state index in [0.29, 0.717) is 0 Å². The topological polar surface area (TPSA) is 44.7 Å². The van der Waals surface area contributed by atoms with Crippen molar-refractivity contribution in [2.24, 2.45) is 0 Å². The van der Waals surface area contributed by atoms with Crippen LogP contribution in [0.5, 0.6) is 0 Å². The van der Waals surface area contributed by atoms with Gasteiger partial charge < -0.3 is 15.2 Å². The lowest BCUT2D eigenvalue weighted by Crippen LogP contribution is -2.45. The van der Waals surface area contributed by atoms with Gasteiger partial charge in [-0.05, 0) is 40.3 Å². The summed E-state index contributed by atoms with van der Waals surface area (Å²) in [6, 6.07) is 0.136. The molecule has 1 saturated heterocycles. The van der Waals surface area contributed by atoms with Crippen LogP contribution in [0.15, 0.2) is 0 Å². The summed E-state index contributed by atoms with van der Waals surface area (Å²) in [6.07, 6.45) is 1.13. The molecule has 0 saturated carbocycles. The van der Waals surface area contributed by atoms with E-state index in [1.165, 1.54) is 0 Å². The molecular weight excluding hydrogens is 204 g/mol. The Morgan fingerprint density at radius 1 is 1.38 bits per heavy atom. The first kappa shape index (κ1) is 13.9. The summed E-state index contributed by atoms with van der Waals surface area (Å²) in [4.78, 5) is 2.43. The second-order valence-electron chi connectivity index (χ2n) is 5.14. The maximum atomic E-state index is 9.74. The first-order valence-electron chi connectivity index (χ1n) is 6.26. The molecule has 0 amide bonds. The van der Waals surface area contributed by atoms with E-state index in [1.54, 1.807) is 0 Å². The summed E-state index contributed by atoms with van der Waals surface area (Å²) in [5, 5.41) is 13.1. The number of rotatable bonds is 6. The van der Waals surface area contributed by atoms with Gasteiger partial charge in [-0.3, -0.25) is 4.90 Å². The van der Waals surface area contributed by atoms with Crippen LogP contribution in [0.2, 0.25) is 0 Å². The Balaban J connectivity index is 2.02. The molecule has 1 aliphatic heterocycles. The number of ether oxygens (including phenoxy) is 1. The SMILES string of the molecule is CC(NCCCN1CCOCC1)C(C)(C)O. The van der Waals surface area contributed by atoms with Crippen molar-refractivity contribution >= 4 is 0 Å². The Morgan fingerprint density at radius 2 is 2.00 bits per heavy atom. The van der Waals surface area contributed by atoms with Crippen molar-refractivity contribution in [2.75, 3.05) is 39.4 Å². The standard InChI is InChI=1S/C12H26N2O2/c1-11(12(2,3)15)13-5-4-6-14-7-9-16-10-8-14/h11,13,15H,4-10H2,1-3H3. The highest BCUT2D eigenvalue weighted by molar-refractivity contribution is 4.79. The van der Waals surface area contributed by atoms with Crippen molar-refractivity contribution in [3.8, 4) is 0 Å². The second-order valence-corrected chi connectivity index (χ2v) is 5.14. The predicted molar refractivity (Wildman–Crippen MR) is 65.6 cm³/mol. The molecule has 4 nitrogen and oxygen atoms in total. The van der Waals surface area contributed by atoms with Crippen molar-refractivity contribution in [3.63, 3.8) is 0 Å². The van der Waals surface area contributed by atoms with E-state index in [1.807, 2.05) is 20.8 Å². The molecule has 1 atom stereocenters. The third kappa shape index (κ3) is 5.25. The summed E-state index contributed by atoms with van der Waals surface area (Å²) in [7, 11) is 0. The van der Waals surface area contributed by atoms with Gasteiger partial charge in [0, 0.05) is 19.1 Å². The highest BCUT2D eigenvalue weighted by Crippen LogP contribution is 2.07. The Kier molecular flexibility index (Phi) is 5.69. The zero-order chi connectivity index (χ0) is 12.0. The minimum absolute atomic E-state index is 0.136. The molecule has 2 N–H and O–H groups in total. The molecule has 4 heteroatoms. The van der Waals surface area contributed by atoms with Crippen molar-refractivity contribution in [3.05, 3.63) is 0 Å². The van der Waals surface area contributed by atoms with E-state index in [-0.39, 0.29) is 6.04 Å². The largest absolute Gasteiger partial charge is 0.389 e. The number of aliphatic hydroxyl groups is 1. The molecule has 0 spiro atoms. The maximum absolute atomic E-state index is 9.74. The van der Waals surface area contributed by atoms with Crippen LogP contribution in [0.25, 0.3) is 0 Å². The Hall–Kier alpha value is -0.160. The number of hydrogen-bond acceptors (Lipinski definition) is 4. The fourth-order valence-corrected chi connectivity index (χ4v) is 1.70. The second kappa shape index (κ2) is 6.55. The first-order chi connectivity index (χ1) is 7.50. The normalized spacial score (nSPS) is 21.0. The smallest absolute Gasteiger partial charge is 0.0741 e. The van der Waals surface area contributed by atoms with Gasteiger partial charge in [0.2, 0.25) is 0 Å². The van der Waals surface area contributed by atoms with E-state index < -0.39 is 5.60 Å². The number of hydrogen-bond donors (Lipinski definition) is 2. The van der Waals surface area contributed by atoms with Crippen molar-refractivity contribution in [1.82, 2.24) is 10.2 Å². The highest BCUT2D eigenvalue weighted by Gasteiger charge is 2.21. The van der Waals surface area contributed by atoms with E-state index >= 15 is 0 Å². The van der Waals surface area contributed by atoms with Crippen LogP contribution in [0.3, 0.4) is 0 Å². The van der Waals surface area contributed by atoms with E-state index in [4.69, 9.17) is 4.74 Å². The van der Waals surface area contributed by atoms with Gasteiger partial charge in [0.1, 0.15) is 0 Å². The lowest BCUT2D eigenvalue weighted by Gasteiger charge is -2.29. The van der Waals surface area contributed by atoms with Crippen LogP contribution in [0.1, 0.15) is 27.2 Å². The van der Waals surface area contributed by atoms with Gasteiger partial charge in [-0.15, -0.1) is 0 Å². The molecular formula is C12H26N2O2. The van der Waals surface area contributed by atoms with Crippen LogP contribution in [0, 0.1) is 0 Å². The van der Waals surface area contributed by atoms with Gasteiger partial charge in [-0.1, -0.05) is 0 Å². The molecule has 0 aromatic rings. The fraction of sp³-hybridized carbons (Fsp3) is 1.00. The molecule has 0 aromatic heterocycles. The molecule has 0 bridgehead atoms. The quantitative estimate of drug-likeness (QED) is 0.651. The van der Waals surface area contributed by atoms with Gasteiger partial charge in [-0.2, -0.15) is 0 Å². The first-order valence-corrected chi connectivity index (χ1v) is 6.26. The van der Waals surface area contributed by atoms with Crippen LogP contribution in [0.4, 0.5) is 0 Å². The van der Waals surface area contributed by atoms with E-state index in [0.717, 1.165) is 45.8 Å². The third-order valence-electron chi connectivity index (χ3n) is 3.27. The summed E-state index contributed by atoms with van der Waals surface area (Å²) in [5.74, 6) is 0. The molecule has 0 aromatic carbocycles. The number of morpholine rings is 1. The minimum atomic E-state index is -0.640. The molecule has 1 unspecified atom stereocenters. The fourth-order valence-electron chi connectivity index (χ4n) is 1.70. The number of nitrogens with zero attached hydrogens (tertiary/aromatic N) is 1. The average molecular weight is 230 g/mol. The van der Waals surface area contributed by atoms with Crippen LogP contribution in [-0.4, -0.2) is 61.0 Å². The van der Waals surface area contributed by atoms with Gasteiger partial charge in [0.25, 0.3) is 0 Å². The Bertz CT molecular complexity index is 186. The molecule has 1 fully saturated rings. The van der Waals surface area contributed by atoms with Crippen LogP contribution < -0.4 is 5.32 Å². The van der Waals surface area contributed by atoms with Gasteiger partial charge in [-0.25, -0.2) is 0 Å². The average Bonchev–Trinajstić information content (AvgIpc) is 2.24. The summed E-state index contributed by atoms with van der Waals surface area (Å²) in [5.41, 5.74) is -0.640. The van der Waals surface area contributed by atoms with Gasteiger partial charge in [0.05, 0.1) is 18.8 Å².